The first kappa shape index (κ1) is 25.8. The van der Waals surface area contributed by atoms with Crippen LogP contribution in [0, 0.1) is 0 Å². The third kappa shape index (κ3) is 6.85. The van der Waals surface area contributed by atoms with Crippen LogP contribution in [0.5, 0.6) is 0 Å². The Balaban J connectivity index is 1.60. The van der Waals surface area contributed by atoms with Crippen molar-refractivity contribution in [1.29, 1.82) is 0 Å². The fourth-order valence-corrected chi connectivity index (χ4v) is 4.34. The second-order valence-corrected chi connectivity index (χ2v) is 9.50. The Labute approximate surface area is 212 Å². The number of carbonyl (C=O) groups is 2. The Hall–Kier alpha value is -2.81. The molecule has 10 heteroatoms. The van der Waals surface area contributed by atoms with Crippen LogP contribution in [0.15, 0.2) is 60.3 Å². The minimum Gasteiger partial charge on any atom is -0.345 e. The molecule has 0 atom stereocenters. The van der Waals surface area contributed by atoms with Gasteiger partial charge < -0.3 is 15.2 Å². The number of nitrogens with zero attached hydrogens (tertiary/aromatic N) is 3. The van der Waals surface area contributed by atoms with E-state index in [0.717, 1.165) is 5.69 Å². The zero-order valence-electron chi connectivity index (χ0n) is 18.8. The van der Waals surface area contributed by atoms with Gasteiger partial charge in [0, 0.05) is 17.3 Å². The number of hydrogen-bond acceptors (Lipinski definition) is 5. The summed E-state index contributed by atoms with van der Waals surface area (Å²) in [6.45, 7) is 8.57. The van der Waals surface area contributed by atoms with E-state index in [1.54, 1.807) is 22.8 Å². The molecule has 2 amide bonds. The SMILES string of the molecule is C=CCn1c(CNC(=O)c2ccc(Cl)cc2Cl)nnc1SCC(=O)Nc1ccc(C(C)C)cc1. The molecule has 178 valence electrons. The van der Waals surface area contributed by atoms with Crippen LogP contribution in [-0.4, -0.2) is 32.3 Å². The number of aromatic nitrogens is 3. The number of carbonyl (C=O) groups excluding carboxylic acids is 2. The van der Waals surface area contributed by atoms with Crippen LogP contribution in [0.1, 0.15) is 41.5 Å². The fraction of sp³-hybridized carbons (Fsp3) is 0.250. The maximum atomic E-state index is 12.5. The molecular formula is C24H25Cl2N5O2S. The van der Waals surface area contributed by atoms with E-state index in [4.69, 9.17) is 23.2 Å². The maximum absolute atomic E-state index is 12.5. The Morgan fingerprint density at radius 1 is 1.15 bits per heavy atom. The van der Waals surface area contributed by atoms with Crippen molar-refractivity contribution in [3.8, 4) is 0 Å². The van der Waals surface area contributed by atoms with Crippen molar-refractivity contribution in [3.63, 3.8) is 0 Å². The van der Waals surface area contributed by atoms with Crippen LogP contribution in [0.2, 0.25) is 10.0 Å². The minimum atomic E-state index is -0.355. The van der Waals surface area contributed by atoms with Gasteiger partial charge in [-0.2, -0.15) is 0 Å². The highest BCUT2D eigenvalue weighted by Gasteiger charge is 2.16. The first-order valence-electron chi connectivity index (χ1n) is 10.6. The molecule has 0 fully saturated rings. The molecule has 0 spiro atoms. The van der Waals surface area contributed by atoms with Crippen LogP contribution >= 0.6 is 35.0 Å². The lowest BCUT2D eigenvalue weighted by atomic mass is 10.0. The Bertz CT molecular complexity index is 1180. The normalized spacial score (nSPS) is 10.9. The molecule has 3 aromatic rings. The summed E-state index contributed by atoms with van der Waals surface area (Å²) in [6.07, 6.45) is 1.70. The molecule has 2 N–H and O–H groups in total. The number of thioether (sulfide) groups is 1. The summed E-state index contributed by atoms with van der Waals surface area (Å²) in [6, 6.07) is 12.5. The molecule has 3 rings (SSSR count). The lowest BCUT2D eigenvalue weighted by molar-refractivity contribution is -0.113. The lowest BCUT2D eigenvalue weighted by Crippen LogP contribution is -2.25. The monoisotopic (exact) mass is 517 g/mol. The highest BCUT2D eigenvalue weighted by Crippen LogP contribution is 2.22. The van der Waals surface area contributed by atoms with E-state index in [9.17, 15) is 9.59 Å². The molecule has 0 unspecified atom stereocenters. The van der Waals surface area contributed by atoms with E-state index in [1.807, 2.05) is 24.3 Å². The van der Waals surface area contributed by atoms with Gasteiger partial charge in [0.2, 0.25) is 5.91 Å². The number of hydrogen-bond donors (Lipinski definition) is 2. The van der Waals surface area contributed by atoms with Crippen molar-refractivity contribution in [2.45, 2.75) is 38.0 Å². The number of nitrogens with one attached hydrogen (secondary N) is 2. The van der Waals surface area contributed by atoms with E-state index >= 15 is 0 Å². The standard InChI is InChI=1S/C24H25Cl2N5O2S/c1-4-11-31-21(13-27-23(33)19-10-7-17(25)12-20(19)26)29-30-24(31)34-14-22(32)28-18-8-5-16(6-9-18)15(2)3/h4-10,12,15H,1,11,13-14H2,2-3H3,(H,27,33)(H,28,32). The molecule has 0 bridgehead atoms. The van der Waals surface area contributed by atoms with Gasteiger partial charge in [0.25, 0.3) is 5.91 Å². The Kier molecular flexibility index (Phi) is 9.15. The highest BCUT2D eigenvalue weighted by molar-refractivity contribution is 7.99. The number of anilines is 1. The van der Waals surface area contributed by atoms with Crippen LogP contribution < -0.4 is 10.6 Å². The highest BCUT2D eigenvalue weighted by atomic mass is 35.5. The van der Waals surface area contributed by atoms with Crippen molar-refractivity contribution < 1.29 is 9.59 Å². The second-order valence-electron chi connectivity index (χ2n) is 7.72. The van der Waals surface area contributed by atoms with Gasteiger partial charge in [-0.3, -0.25) is 9.59 Å². The predicted octanol–water partition coefficient (Wildman–Crippen LogP) is 5.56. The molecule has 0 aliphatic carbocycles. The third-order valence-corrected chi connectivity index (χ3v) is 6.40. The Morgan fingerprint density at radius 2 is 1.88 bits per heavy atom. The van der Waals surface area contributed by atoms with Gasteiger partial charge in [-0.1, -0.05) is 67.0 Å². The number of halogens is 2. The van der Waals surface area contributed by atoms with Gasteiger partial charge in [-0.15, -0.1) is 16.8 Å². The topological polar surface area (TPSA) is 88.9 Å². The lowest BCUT2D eigenvalue weighted by Gasteiger charge is -2.10. The summed E-state index contributed by atoms with van der Waals surface area (Å²) in [5.74, 6) is 0.618. The Morgan fingerprint density at radius 3 is 2.53 bits per heavy atom. The van der Waals surface area contributed by atoms with Crippen molar-refractivity contribution in [2.75, 3.05) is 11.1 Å². The van der Waals surface area contributed by atoms with Crippen LogP contribution in [0.25, 0.3) is 0 Å². The van der Waals surface area contributed by atoms with Gasteiger partial charge in [0.1, 0.15) is 0 Å². The summed E-state index contributed by atoms with van der Waals surface area (Å²) in [7, 11) is 0. The molecule has 0 saturated heterocycles. The van der Waals surface area contributed by atoms with Gasteiger partial charge in [-0.25, -0.2) is 0 Å². The van der Waals surface area contributed by atoms with E-state index < -0.39 is 0 Å². The zero-order chi connectivity index (χ0) is 24.7. The second kappa shape index (κ2) is 12.1. The molecule has 0 aliphatic heterocycles. The summed E-state index contributed by atoms with van der Waals surface area (Å²) in [4.78, 5) is 24.9. The van der Waals surface area contributed by atoms with E-state index in [-0.39, 0.29) is 29.1 Å². The molecule has 34 heavy (non-hydrogen) atoms. The summed E-state index contributed by atoms with van der Waals surface area (Å²) >= 11 is 13.3. The van der Waals surface area contributed by atoms with E-state index in [2.05, 4.69) is 41.3 Å². The number of amides is 2. The number of benzene rings is 2. The smallest absolute Gasteiger partial charge is 0.253 e. The zero-order valence-corrected chi connectivity index (χ0v) is 21.2. The molecule has 2 aromatic carbocycles. The van der Waals surface area contributed by atoms with Crippen LogP contribution in [-0.2, 0) is 17.9 Å². The summed E-state index contributed by atoms with van der Waals surface area (Å²) in [5, 5.41) is 15.3. The molecule has 0 aliphatic rings. The number of rotatable bonds is 10. The van der Waals surface area contributed by atoms with Gasteiger partial charge >= 0.3 is 0 Å². The quantitative estimate of drug-likeness (QED) is 0.271. The van der Waals surface area contributed by atoms with Crippen LogP contribution in [0.4, 0.5) is 5.69 Å². The average Bonchev–Trinajstić information content (AvgIpc) is 3.18. The van der Waals surface area contributed by atoms with Crippen molar-refractivity contribution >= 4 is 52.5 Å². The third-order valence-electron chi connectivity index (χ3n) is 4.88. The van der Waals surface area contributed by atoms with Gasteiger partial charge in [0.05, 0.1) is 22.9 Å². The first-order chi connectivity index (χ1) is 16.3. The fourth-order valence-electron chi connectivity index (χ4n) is 3.08. The molecule has 7 nitrogen and oxygen atoms in total. The minimum absolute atomic E-state index is 0.133. The first-order valence-corrected chi connectivity index (χ1v) is 12.3. The maximum Gasteiger partial charge on any atom is 0.253 e. The van der Waals surface area contributed by atoms with E-state index in [1.165, 1.54) is 23.4 Å². The summed E-state index contributed by atoms with van der Waals surface area (Å²) in [5.41, 5.74) is 2.27. The average molecular weight is 518 g/mol. The van der Waals surface area contributed by atoms with Crippen molar-refractivity contribution in [1.82, 2.24) is 20.1 Å². The van der Waals surface area contributed by atoms with Gasteiger partial charge in [-0.05, 0) is 41.8 Å². The van der Waals surface area contributed by atoms with Crippen molar-refractivity contribution in [3.05, 3.63) is 82.1 Å². The van der Waals surface area contributed by atoms with Gasteiger partial charge in [0.15, 0.2) is 11.0 Å². The largest absolute Gasteiger partial charge is 0.345 e. The molecule has 0 radical (unpaired) electrons. The van der Waals surface area contributed by atoms with E-state index in [0.29, 0.717) is 34.0 Å². The van der Waals surface area contributed by atoms with Crippen molar-refractivity contribution in [2.24, 2.45) is 0 Å². The molecular weight excluding hydrogens is 493 g/mol. The number of allylic oxidation sites excluding steroid dienone is 1. The molecule has 1 heterocycles. The molecule has 0 saturated carbocycles. The predicted molar refractivity (Wildman–Crippen MR) is 138 cm³/mol. The summed E-state index contributed by atoms with van der Waals surface area (Å²) < 4.78 is 1.80. The molecule has 1 aromatic heterocycles. The van der Waals surface area contributed by atoms with Crippen LogP contribution in [0.3, 0.4) is 0 Å².